The second-order valence-electron chi connectivity index (χ2n) is 7.58. The highest BCUT2D eigenvalue weighted by atomic mass is 32.2. The van der Waals surface area contributed by atoms with Gasteiger partial charge in [0.25, 0.3) is 10.1 Å². The van der Waals surface area contributed by atoms with E-state index in [0.717, 1.165) is 17.8 Å². The first-order chi connectivity index (χ1) is 14.5. The number of benzene rings is 3. The summed E-state index contributed by atoms with van der Waals surface area (Å²) in [6.45, 7) is 1.35. The molecule has 1 saturated heterocycles. The third-order valence-corrected chi connectivity index (χ3v) is 6.37. The molecule has 1 heterocycles. The van der Waals surface area contributed by atoms with E-state index in [4.69, 9.17) is 0 Å². The maximum atomic E-state index is 11.3. The summed E-state index contributed by atoms with van der Waals surface area (Å²) < 4.78 is 31.9. The average Bonchev–Trinajstić information content (AvgIpc) is 3.14. The van der Waals surface area contributed by atoms with Gasteiger partial charge in [0, 0.05) is 18.8 Å². The minimum Gasteiger partial charge on any atom is -0.350 e. The summed E-state index contributed by atoms with van der Waals surface area (Å²) in [7, 11) is -3.99. The summed E-state index contributed by atoms with van der Waals surface area (Å²) in [5.41, 5.74) is 3.49. The van der Waals surface area contributed by atoms with Crippen LogP contribution in [0, 0.1) is 0 Å². The smallest absolute Gasteiger partial charge is 0.264 e. The van der Waals surface area contributed by atoms with Crippen LogP contribution >= 0.6 is 0 Å². The van der Waals surface area contributed by atoms with Gasteiger partial charge < -0.3 is 4.90 Å². The fourth-order valence-corrected chi connectivity index (χ4v) is 4.78. The van der Waals surface area contributed by atoms with E-state index >= 15 is 0 Å². The van der Waals surface area contributed by atoms with Gasteiger partial charge in [-0.15, -0.1) is 0 Å². The molecule has 3 aromatic carbocycles. The minimum absolute atomic E-state index is 0.0276. The van der Waals surface area contributed by atoms with E-state index in [1.165, 1.54) is 5.56 Å². The van der Waals surface area contributed by atoms with Crippen LogP contribution in [0.25, 0.3) is 0 Å². The first-order valence-corrected chi connectivity index (χ1v) is 11.8. The highest BCUT2D eigenvalue weighted by molar-refractivity contribution is 7.85. The lowest BCUT2D eigenvalue weighted by Gasteiger charge is -2.33. The first kappa shape index (κ1) is 20.6. The predicted molar refractivity (Wildman–Crippen MR) is 120 cm³/mol. The highest BCUT2D eigenvalue weighted by Crippen LogP contribution is 2.43. The Morgan fingerprint density at radius 2 is 1.33 bits per heavy atom. The Kier molecular flexibility index (Phi) is 6.18. The van der Waals surface area contributed by atoms with E-state index in [9.17, 15) is 13.0 Å². The zero-order chi connectivity index (χ0) is 21.0. The number of rotatable bonds is 7. The van der Waals surface area contributed by atoms with Gasteiger partial charge >= 0.3 is 0 Å². The molecule has 1 fully saturated rings. The molecule has 0 bridgehead atoms. The normalized spacial score (nSPS) is 19.8. The predicted octanol–water partition coefficient (Wildman–Crippen LogP) is 4.53. The molecule has 3 aromatic rings. The van der Waals surface area contributed by atoms with Gasteiger partial charge in [-0.2, -0.15) is 8.42 Å². The number of hydrogen-bond donors (Lipinski definition) is 1. The van der Waals surface area contributed by atoms with Gasteiger partial charge in [-0.25, -0.2) is 0 Å². The maximum absolute atomic E-state index is 11.3. The van der Waals surface area contributed by atoms with Crippen LogP contribution in [0.4, 0.5) is 5.69 Å². The van der Waals surface area contributed by atoms with Gasteiger partial charge in [-0.3, -0.25) is 9.45 Å². The molecule has 2 atom stereocenters. The maximum Gasteiger partial charge on any atom is 0.264 e. The molecular weight excluding hydrogens is 396 g/mol. The number of para-hydroxylation sites is 1. The van der Waals surface area contributed by atoms with Gasteiger partial charge in [-0.05, 0) is 29.7 Å². The molecule has 6 heteroatoms. The van der Waals surface area contributed by atoms with Crippen molar-refractivity contribution in [2.24, 2.45) is 0 Å². The molecule has 1 N–H and O–H groups in total. The topological polar surface area (TPSA) is 60.9 Å². The monoisotopic (exact) mass is 422 g/mol. The van der Waals surface area contributed by atoms with E-state index in [0.29, 0.717) is 13.0 Å². The molecule has 30 heavy (non-hydrogen) atoms. The van der Waals surface area contributed by atoms with Crippen molar-refractivity contribution in [2.75, 3.05) is 23.7 Å². The molecule has 2 unspecified atom stereocenters. The first-order valence-electron chi connectivity index (χ1n) is 10.2. The molecular formula is C24H26N2O3S. The fraction of sp³-hybridized carbons (Fsp3) is 0.250. The second-order valence-corrected chi connectivity index (χ2v) is 9.15. The van der Waals surface area contributed by atoms with Crippen LogP contribution in [0.5, 0.6) is 0 Å². The Hall–Kier alpha value is -2.67. The summed E-state index contributed by atoms with van der Waals surface area (Å²) in [6, 6.07) is 31.0. The molecule has 0 spiro atoms. The van der Waals surface area contributed by atoms with E-state index < -0.39 is 10.1 Å². The van der Waals surface area contributed by atoms with Gasteiger partial charge in [0.05, 0.1) is 11.8 Å². The quantitative estimate of drug-likeness (QED) is 0.567. The fourth-order valence-electron chi connectivity index (χ4n) is 4.28. The SMILES string of the molecule is O=S(=O)(O)CCCN1C(c2ccccc2)CN(c2ccccc2)C1c1ccccc1. The Balaban J connectivity index is 1.74. The molecule has 0 aromatic heterocycles. The Morgan fingerprint density at radius 1 is 0.800 bits per heavy atom. The van der Waals surface area contributed by atoms with E-state index in [-0.39, 0.29) is 18.0 Å². The van der Waals surface area contributed by atoms with Crippen LogP contribution in [-0.4, -0.2) is 36.7 Å². The van der Waals surface area contributed by atoms with E-state index in [1.807, 2.05) is 54.6 Å². The molecule has 156 valence electrons. The van der Waals surface area contributed by atoms with Crippen LogP contribution in [-0.2, 0) is 10.1 Å². The lowest BCUT2D eigenvalue weighted by atomic mass is 10.1. The van der Waals surface area contributed by atoms with Crippen LogP contribution in [0.3, 0.4) is 0 Å². The summed E-state index contributed by atoms with van der Waals surface area (Å²) in [5, 5.41) is 0. The summed E-state index contributed by atoms with van der Waals surface area (Å²) in [5.74, 6) is -0.238. The lowest BCUT2D eigenvalue weighted by Crippen LogP contribution is -2.33. The van der Waals surface area contributed by atoms with Gasteiger partial charge in [0.2, 0.25) is 0 Å². The van der Waals surface area contributed by atoms with Crippen LogP contribution < -0.4 is 4.90 Å². The third kappa shape index (κ3) is 4.73. The molecule has 1 aliphatic heterocycles. The van der Waals surface area contributed by atoms with Crippen molar-refractivity contribution < 1.29 is 13.0 Å². The van der Waals surface area contributed by atoms with Crippen molar-refractivity contribution in [2.45, 2.75) is 18.6 Å². The number of nitrogens with zero attached hydrogens (tertiary/aromatic N) is 2. The van der Waals surface area contributed by atoms with Gasteiger partial charge in [-0.1, -0.05) is 78.9 Å². The van der Waals surface area contributed by atoms with Crippen LogP contribution in [0.2, 0.25) is 0 Å². The molecule has 4 rings (SSSR count). The summed E-state index contributed by atoms with van der Waals surface area (Å²) >= 11 is 0. The zero-order valence-electron chi connectivity index (χ0n) is 16.7. The van der Waals surface area contributed by atoms with E-state index in [2.05, 4.69) is 46.2 Å². The van der Waals surface area contributed by atoms with Crippen molar-refractivity contribution in [1.82, 2.24) is 4.90 Å². The minimum atomic E-state index is -3.99. The molecule has 0 radical (unpaired) electrons. The van der Waals surface area contributed by atoms with Crippen molar-refractivity contribution in [1.29, 1.82) is 0 Å². The molecule has 0 aliphatic carbocycles. The second kappa shape index (κ2) is 9.00. The van der Waals surface area contributed by atoms with Crippen molar-refractivity contribution >= 4 is 15.8 Å². The number of hydrogen-bond acceptors (Lipinski definition) is 4. The third-order valence-electron chi connectivity index (χ3n) is 5.57. The Bertz CT molecular complexity index is 1040. The van der Waals surface area contributed by atoms with Crippen LogP contribution in [0.1, 0.15) is 29.8 Å². The summed E-state index contributed by atoms with van der Waals surface area (Å²) in [6.07, 6.45) is 0.342. The average molecular weight is 423 g/mol. The largest absolute Gasteiger partial charge is 0.350 e. The molecule has 1 aliphatic rings. The number of anilines is 1. The van der Waals surface area contributed by atoms with Gasteiger partial charge in [0.1, 0.15) is 6.17 Å². The van der Waals surface area contributed by atoms with Crippen molar-refractivity contribution in [3.63, 3.8) is 0 Å². The highest BCUT2D eigenvalue weighted by Gasteiger charge is 2.40. The van der Waals surface area contributed by atoms with Crippen molar-refractivity contribution in [3.05, 3.63) is 102 Å². The Morgan fingerprint density at radius 3 is 1.90 bits per heavy atom. The van der Waals surface area contributed by atoms with E-state index in [1.54, 1.807) is 0 Å². The van der Waals surface area contributed by atoms with Crippen molar-refractivity contribution in [3.8, 4) is 0 Å². The van der Waals surface area contributed by atoms with Crippen LogP contribution in [0.15, 0.2) is 91.0 Å². The molecule has 0 amide bonds. The molecule has 5 nitrogen and oxygen atoms in total. The zero-order valence-corrected chi connectivity index (χ0v) is 17.5. The summed E-state index contributed by atoms with van der Waals surface area (Å²) in [4.78, 5) is 4.73. The molecule has 0 saturated carbocycles. The van der Waals surface area contributed by atoms with Gasteiger partial charge in [0.15, 0.2) is 0 Å². The lowest BCUT2D eigenvalue weighted by molar-refractivity contribution is 0.198. The Labute approximate surface area is 178 Å². The standard InChI is InChI=1S/C24H26N2O3S/c27-30(28,29)18-10-17-25-23(20-11-4-1-5-12-20)19-26(22-15-8-3-9-16-22)24(25)21-13-6-2-7-14-21/h1-9,11-16,23-24H,10,17-19H2,(H,27,28,29).